The molecule has 1 aliphatic rings. The van der Waals surface area contributed by atoms with Gasteiger partial charge in [0.1, 0.15) is 6.10 Å². The molecule has 0 aromatic heterocycles. The molecule has 1 saturated heterocycles. The van der Waals surface area contributed by atoms with Crippen molar-refractivity contribution in [2.45, 2.75) is 32.0 Å². The Hall–Kier alpha value is -1.39. The van der Waals surface area contributed by atoms with E-state index in [1.165, 1.54) is 0 Å². The monoisotopic (exact) mass is 291 g/mol. The number of carbonyl (C=O) groups is 1. The van der Waals surface area contributed by atoms with E-state index >= 15 is 0 Å². The Kier molecular flexibility index (Phi) is 5.01. The zero-order chi connectivity index (χ0) is 15.5. The summed E-state index contributed by atoms with van der Waals surface area (Å²) in [6, 6.07) is 9.16. The number of ether oxygens (including phenoxy) is 2. The van der Waals surface area contributed by atoms with Crippen molar-refractivity contribution in [1.82, 2.24) is 4.90 Å². The summed E-state index contributed by atoms with van der Waals surface area (Å²) in [5, 5.41) is 0. The highest BCUT2D eigenvalue weighted by atomic mass is 16.6. The molecular formula is C17H25NO3. The molecule has 1 aromatic rings. The Morgan fingerprint density at radius 3 is 2.62 bits per heavy atom. The zero-order valence-electron chi connectivity index (χ0n) is 13.3. The minimum Gasteiger partial charge on any atom is -0.458 e. The molecule has 1 aliphatic heterocycles. The average molecular weight is 291 g/mol. The van der Waals surface area contributed by atoms with Gasteiger partial charge in [-0.05, 0) is 40.1 Å². The lowest BCUT2D eigenvalue weighted by molar-refractivity contribution is -0.135. The third kappa shape index (κ3) is 4.55. The van der Waals surface area contributed by atoms with Crippen molar-refractivity contribution in [3.05, 3.63) is 35.9 Å². The van der Waals surface area contributed by atoms with E-state index in [0.29, 0.717) is 12.2 Å². The summed E-state index contributed by atoms with van der Waals surface area (Å²) in [6.07, 6.45) is 0.619. The molecule has 0 aliphatic carbocycles. The second-order valence-corrected chi connectivity index (χ2v) is 6.61. The van der Waals surface area contributed by atoms with Gasteiger partial charge in [-0.1, -0.05) is 18.2 Å². The molecule has 1 fully saturated rings. The summed E-state index contributed by atoms with van der Waals surface area (Å²) in [5.74, 6) is -0.0391. The summed E-state index contributed by atoms with van der Waals surface area (Å²) in [4.78, 5) is 14.4. The maximum atomic E-state index is 12.3. The molecule has 0 unspecified atom stereocenters. The lowest BCUT2D eigenvalue weighted by Crippen LogP contribution is -2.48. The smallest absolute Gasteiger partial charge is 0.338 e. The molecule has 0 amide bonds. The van der Waals surface area contributed by atoms with E-state index < -0.39 is 0 Å². The molecule has 1 heterocycles. The SMILES string of the molecule is CN(C)C[C@@H]1COC(C)(C)C[C@@H]1OC(=O)c1ccccc1. The average Bonchev–Trinajstić information content (AvgIpc) is 2.42. The maximum absolute atomic E-state index is 12.3. The lowest BCUT2D eigenvalue weighted by Gasteiger charge is -2.41. The number of rotatable bonds is 4. The Balaban J connectivity index is 2.07. The predicted molar refractivity (Wildman–Crippen MR) is 82.3 cm³/mol. The number of hydrogen-bond acceptors (Lipinski definition) is 4. The number of esters is 1. The number of hydrogen-bond donors (Lipinski definition) is 0. The van der Waals surface area contributed by atoms with E-state index in [4.69, 9.17) is 9.47 Å². The van der Waals surface area contributed by atoms with Crippen LogP contribution in [0.4, 0.5) is 0 Å². The fourth-order valence-electron chi connectivity index (χ4n) is 2.71. The fourth-order valence-corrected chi connectivity index (χ4v) is 2.71. The van der Waals surface area contributed by atoms with Crippen molar-refractivity contribution in [2.75, 3.05) is 27.2 Å². The van der Waals surface area contributed by atoms with Gasteiger partial charge in [0.2, 0.25) is 0 Å². The minimum absolute atomic E-state index is 0.108. The van der Waals surface area contributed by atoms with Crippen LogP contribution in [-0.4, -0.2) is 49.8 Å². The molecule has 1 aromatic carbocycles. The van der Waals surface area contributed by atoms with E-state index in [-0.39, 0.29) is 23.6 Å². The van der Waals surface area contributed by atoms with Gasteiger partial charge in [0.15, 0.2) is 0 Å². The van der Waals surface area contributed by atoms with Gasteiger partial charge in [-0.25, -0.2) is 4.79 Å². The quantitative estimate of drug-likeness (QED) is 0.799. The number of benzene rings is 1. The first-order valence-electron chi connectivity index (χ1n) is 7.42. The standard InChI is InChI=1S/C17H25NO3/c1-17(2)10-15(14(12-20-17)11-18(3)4)21-16(19)13-8-6-5-7-9-13/h5-9,14-15H,10-12H2,1-4H3/t14-,15+/m1/s1. The topological polar surface area (TPSA) is 38.8 Å². The van der Waals surface area contributed by atoms with Crippen LogP contribution in [0.1, 0.15) is 30.6 Å². The molecule has 116 valence electrons. The first-order valence-corrected chi connectivity index (χ1v) is 7.42. The molecule has 0 radical (unpaired) electrons. The normalized spacial score (nSPS) is 24.8. The molecular weight excluding hydrogens is 266 g/mol. The number of nitrogens with zero attached hydrogens (tertiary/aromatic N) is 1. The van der Waals surface area contributed by atoms with Crippen LogP contribution in [0.5, 0.6) is 0 Å². The Labute approximate surface area is 127 Å². The van der Waals surface area contributed by atoms with E-state index in [9.17, 15) is 4.79 Å². The van der Waals surface area contributed by atoms with E-state index in [1.807, 2.05) is 46.1 Å². The van der Waals surface area contributed by atoms with Crippen LogP contribution in [0.3, 0.4) is 0 Å². The highest BCUT2D eigenvalue weighted by molar-refractivity contribution is 5.89. The van der Waals surface area contributed by atoms with Gasteiger partial charge in [-0.2, -0.15) is 0 Å². The molecule has 2 rings (SSSR count). The number of carbonyl (C=O) groups excluding carboxylic acids is 1. The minimum atomic E-state index is -0.248. The second kappa shape index (κ2) is 6.58. The van der Waals surface area contributed by atoms with Crippen LogP contribution in [0, 0.1) is 5.92 Å². The molecule has 0 saturated carbocycles. The van der Waals surface area contributed by atoms with E-state index in [2.05, 4.69) is 4.90 Å². The largest absolute Gasteiger partial charge is 0.458 e. The maximum Gasteiger partial charge on any atom is 0.338 e. The molecule has 0 spiro atoms. The van der Waals surface area contributed by atoms with Gasteiger partial charge in [0.05, 0.1) is 17.8 Å². The molecule has 0 bridgehead atoms. The van der Waals surface area contributed by atoms with Gasteiger partial charge in [0, 0.05) is 18.9 Å². The van der Waals surface area contributed by atoms with Gasteiger partial charge in [0.25, 0.3) is 0 Å². The highest BCUT2D eigenvalue weighted by Gasteiger charge is 2.38. The second-order valence-electron chi connectivity index (χ2n) is 6.61. The van der Waals surface area contributed by atoms with Crippen LogP contribution in [0.25, 0.3) is 0 Å². The Bertz CT molecular complexity index is 470. The summed E-state index contributed by atoms with van der Waals surface area (Å²) >= 11 is 0. The third-order valence-corrected chi connectivity index (χ3v) is 3.77. The van der Waals surface area contributed by atoms with Gasteiger partial charge in [-0.15, -0.1) is 0 Å². The van der Waals surface area contributed by atoms with Gasteiger partial charge < -0.3 is 14.4 Å². The zero-order valence-corrected chi connectivity index (χ0v) is 13.3. The van der Waals surface area contributed by atoms with E-state index in [1.54, 1.807) is 12.1 Å². The van der Waals surface area contributed by atoms with Crippen molar-refractivity contribution in [3.63, 3.8) is 0 Å². The van der Waals surface area contributed by atoms with Gasteiger partial charge >= 0.3 is 5.97 Å². The van der Waals surface area contributed by atoms with Crippen LogP contribution in [0.2, 0.25) is 0 Å². The van der Waals surface area contributed by atoms with Gasteiger partial charge in [-0.3, -0.25) is 0 Å². The predicted octanol–water partition coefficient (Wildman–Crippen LogP) is 2.59. The molecule has 0 N–H and O–H groups in total. The van der Waals surface area contributed by atoms with Crippen molar-refractivity contribution >= 4 is 5.97 Å². The summed E-state index contributed by atoms with van der Waals surface area (Å²) in [5.41, 5.74) is 0.357. The first-order chi connectivity index (χ1) is 9.87. The highest BCUT2D eigenvalue weighted by Crippen LogP contribution is 2.30. The molecule has 21 heavy (non-hydrogen) atoms. The van der Waals surface area contributed by atoms with Crippen LogP contribution >= 0.6 is 0 Å². The third-order valence-electron chi connectivity index (χ3n) is 3.77. The molecule has 4 heteroatoms. The summed E-state index contributed by atoms with van der Waals surface area (Å²) in [7, 11) is 4.05. The van der Waals surface area contributed by atoms with Crippen molar-refractivity contribution < 1.29 is 14.3 Å². The fraction of sp³-hybridized carbons (Fsp3) is 0.588. The Morgan fingerprint density at radius 2 is 2.00 bits per heavy atom. The van der Waals surface area contributed by atoms with E-state index in [0.717, 1.165) is 13.0 Å². The lowest BCUT2D eigenvalue weighted by atomic mass is 9.88. The molecule has 4 nitrogen and oxygen atoms in total. The molecule has 2 atom stereocenters. The Morgan fingerprint density at radius 1 is 1.33 bits per heavy atom. The summed E-state index contributed by atoms with van der Waals surface area (Å²) < 4.78 is 11.7. The van der Waals surface area contributed by atoms with Crippen molar-refractivity contribution in [1.29, 1.82) is 0 Å². The summed E-state index contributed by atoms with van der Waals surface area (Å²) in [6.45, 7) is 5.56. The first kappa shape index (κ1) is 16.0. The van der Waals surface area contributed by atoms with Crippen molar-refractivity contribution in [3.8, 4) is 0 Å². The van der Waals surface area contributed by atoms with Crippen LogP contribution in [-0.2, 0) is 9.47 Å². The van der Waals surface area contributed by atoms with Crippen LogP contribution in [0.15, 0.2) is 30.3 Å². The van der Waals surface area contributed by atoms with Crippen LogP contribution < -0.4 is 0 Å². The van der Waals surface area contributed by atoms with Crippen molar-refractivity contribution in [2.24, 2.45) is 5.92 Å².